The van der Waals surface area contributed by atoms with Crippen LogP contribution in [0.2, 0.25) is 0 Å². The Bertz CT molecular complexity index is 403. The van der Waals surface area contributed by atoms with Crippen molar-refractivity contribution in [1.82, 2.24) is 0 Å². The second-order valence-electron chi connectivity index (χ2n) is 2.24. The van der Waals surface area contributed by atoms with Crippen LogP contribution in [0, 0.1) is 0 Å². The van der Waals surface area contributed by atoms with E-state index < -0.39 is 39.1 Å². The Balaban J connectivity index is -0.00000000635. The van der Waals surface area contributed by atoms with Crippen LogP contribution in [0.1, 0.15) is 0 Å². The zero-order chi connectivity index (χ0) is 22.5. The van der Waals surface area contributed by atoms with Crippen LogP contribution in [0.25, 0.3) is 0 Å². The molecule has 40 heavy (non-hydrogen) atoms. The van der Waals surface area contributed by atoms with E-state index in [4.69, 9.17) is 96.2 Å². The van der Waals surface area contributed by atoms with Gasteiger partial charge in [-0.25, -0.2) is 0 Å². The van der Waals surface area contributed by atoms with Crippen LogP contribution in [0.4, 0.5) is 0 Å². The van der Waals surface area contributed by atoms with E-state index in [2.05, 4.69) is 0 Å². The average Bonchev–Trinajstić information content (AvgIpc) is 1.79. The van der Waals surface area contributed by atoms with Crippen molar-refractivity contribution in [2.45, 2.75) is 0 Å². The van der Waals surface area contributed by atoms with Crippen LogP contribution in [-0.4, -0.2) is 0 Å². The van der Waals surface area contributed by atoms with E-state index in [9.17, 15) is 0 Å². The van der Waals surface area contributed by atoms with E-state index in [1.54, 1.807) is 0 Å². The second kappa shape index (κ2) is 75.4. The molecule has 0 aliphatic heterocycles. The summed E-state index contributed by atoms with van der Waals surface area (Å²) in [6, 6.07) is 0. The molecule has 0 aromatic rings. The molecule has 0 saturated carbocycles. The third-order valence-corrected chi connectivity index (χ3v) is 0. The summed E-state index contributed by atoms with van der Waals surface area (Å²) in [5.41, 5.74) is 0. The van der Waals surface area contributed by atoms with Gasteiger partial charge in [0.2, 0.25) is 0 Å². The largest absolute Gasteiger partial charge is 1.00 e. The summed E-state index contributed by atoms with van der Waals surface area (Å²) in [5.74, 6) is 0. The zero-order valence-corrected chi connectivity index (χ0v) is 59.9. The van der Waals surface area contributed by atoms with Crippen LogP contribution in [0.3, 0.4) is 0 Å². The van der Waals surface area contributed by atoms with Gasteiger partial charge < -0.3 is 96.2 Å². The van der Waals surface area contributed by atoms with Gasteiger partial charge in [0.25, 0.3) is 0 Å². The molecule has 0 rings (SSSR count). The zero-order valence-electron chi connectivity index (χ0n) is 25.4. The molecule has 160 valence electrons. The third-order valence-electron chi connectivity index (χ3n) is 0. The van der Waals surface area contributed by atoms with Gasteiger partial charge in [-0.1, -0.05) is 0 Å². The van der Waals surface area contributed by atoms with Crippen molar-refractivity contribution >= 4 is 39.1 Å². The molecule has 0 aliphatic carbocycles. The van der Waals surface area contributed by atoms with Crippen molar-refractivity contribution in [3.05, 3.63) is 0 Å². The second-order valence-corrected chi connectivity index (χ2v) is 6.71. The fraction of sp³-hybridized carbons (Fsp3) is 0. The Morgan fingerprint density at radius 3 is 0.175 bits per heavy atom. The van der Waals surface area contributed by atoms with Crippen LogP contribution >= 0.6 is 39.1 Å². The van der Waals surface area contributed by atoms with Crippen molar-refractivity contribution in [1.29, 1.82) is 0 Å². The maximum Gasteiger partial charge on any atom is 1.00 e. The minimum absolute atomic E-state index is 0. The maximum absolute atomic E-state index is 8.55. The van der Waals surface area contributed by atoms with E-state index in [-0.39, 0.29) is 443 Å². The Labute approximate surface area is 562 Å². The van der Waals surface area contributed by atoms with Crippen molar-refractivity contribution in [2.75, 3.05) is 0 Å². The van der Waals surface area contributed by atoms with E-state index in [0.717, 1.165) is 0 Å². The van der Waals surface area contributed by atoms with Gasteiger partial charge in [-0.2, -0.15) is 39.1 Å². The molecule has 0 aliphatic rings. The monoisotopic (exact) mass is 820 g/mol. The number of phosphoric acid groups is 5. The number of rotatable bonds is 0. The Kier molecular flexibility index (Phi) is 247. The first-order chi connectivity index (χ1) is 10.0. The quantitative estimate of drug-likeness (QED) is 0.162. The standard InChI is InChI=1S/15Na.5H3O4P/c;;;;;;;;;;;;;;;5*1-5(2,3)4/h;;;;;;;;;;;;;;;5*(H3,1,2,3,4)/q15*+1;;;;;/p-15. The molecule has 0 amide bonds. The van der Waals surface area contributed by atoms with Gasteiger partial charge in [0.05, 0.1) is 0 Å². The average molecular weight is 820 g/mol. The van der Waals surface area contributed by atoms with E-state index in [1.165, 1.54) is 0 Å². The maximum atomic E-state index is 8.55. The van der Waals surface area contributed by atoms with Crippen LogP contribution < -0.4 is 517 Å². The normalized spacial score (nSPS) is 7.38. The first kappa shape index (κ1) is 131. The van der Waals surface area contributed by atoms with Crippen LogP contribution in [0.15, 0.2) is 0 Å². The molecule has 0 saturated heterocycles. The summed E-state index contributed by atoms with van der Waals surface area (Å²) in [5, 5.41) is 0. The first-order valence-corrected chi connectivity index (χ1v) is 11.0. The minimum Gasteiger partial charge on any atom is -0.822 e. The molecule has 0 bridgehead atoms. The summed E-state index contributed by atoms with van der Waals surface area (Å²) in [4.78, 5) is 128. The third kappa shape index (κ3) is 612. The van der Waals surface area contributed by atoms with Crippen molar-refractivity contribution in [3.8, 4) is 0 Å². The predicted molar refractivity (Wildman–Crippen MR) is 38.0 cm³/mol. The Morgan fingerprint density at radius 2 is 0.175 bits per heavy atom. The van der Waals surface area contributed by atoms with Gasteiger partial charge in [-0.15, -0.1) is 0 Å². The minimum atomic E-state index is -5.39. The summed E-state index contributed by atoms with van der Waals surface area (Å²) in [7, 11) is -26.9. The van der Waals surface area contributed by atoms with Crippen molar-refractivity contribution in [2.24, 2.45) is 0 Å². The Morgan fingerprint density at radius 1 is 0.175 bits per heavy atom. The molecule has 0 fully saturated rings. The SMILES string of the molecule is O=P([O-])([O-])[O-].O=P([O-])([O-])[O-].O=P([O-])([O-])[O-].O=P([O-])([O-])[O-].O=P([O-])([O-])[O-].[Na+].[Na+].[Na+].[Na+].[Na+].[Na+].[Na+].[Na+].[Na+].[Na+].[Na+].[Na+].[Na+].[Na+].[Na+]. The van der Waals surface area contributed by atoms with E-state index >= 15 is 0 Å². The molecule has 0 aromatic heterocycles. The van der Waals surface area contributed by atoms with Crippen molar-refractivity contribution < 1.29 is 540 Å². The summed E-state index contributed by atoms with van der Waals surface area (Å²) in [6.45, 7) is 0. The van der Waals surface area contributed by atoms with E-state index in [0.29, 0.717) is 0 Å². The molecular weight excluding hydrogens is 820 g/mol. The molecule has 0 N–H and O–H groups in total. The fourth-order valence-electron chi connectivity index (χ4n) is 0. The molecule has 0 aromatic carbocycles. The van der Waals surface area contributed by atoms with Crippen molar-refractivity contribution in [3.63, 3.8) is 0 Å². The van der Waals surface area contributed by atoms with Crippen LogP contribution in [0.5, 0.6) is 0 Å². The van der Waals surface area contributed by atoms with Crippen LogP contribution in [-0.2, 0) is 22.8 Å². The summed E-state index contributed by atoms with van der Waals surface area (Å²) >= 11 is 0. The molecule has 0 spiro atoms. The van der Waals surface area contributed by atoms with Gasteiger partial charge in [-0.05, 0) is 0 Å². The number of hydrogen-bond acceptors (Lipinski definition) is 20. The molecule has 0 heterocycles. The molecular formula is Na15O20P5. The van der Waals surface area contributed by atoms with E-state index in [1.807, 2.05) is 0 Å². The Hall–Kier alpha value is 15.6. The fourth-order valence-corrected chi connectivity index (χ4v) is 0. The summed E-state index contributed by atoms with van der Waals surface area (Å²) in [6.07, 6.45) is 0. The molecule has 0 unspecified atom stereocenters. The van der Waals surface area contributed by atoms with Gasteiger partial charge in [0, 0.05) is 0 Å². The van der Waals surface area contributed by atoms with Gasteiger partial charge in [0.15, 0.2) is 0 Å². The first-order valence-electron chi connectivity index (χ1n) is 3.65. The molecule has 0 atom stereocenters. The smallest absolute Gasteiger partial charge is 0.822 e. The molecule has 0 radical (unpaired) electrons. The molecule has 40 heteroatoms. The number of hydrogen-bond donors (Lipinski definition) is 0. The summed E-state index contributed by atoms with van der Waals surface area (Å²) < 4.78 is 42.7. The van der Waals surface area contributed by atoms with Gasteiger partial charge in [-0.3, -0.25) is 0 Å². The van der Waals surface area contributed by atoms with Gasteiger partial charge in [0.1, 0.15) is 0 Å². The predicted octanol–water partition coefficient (Wildman–Crippen LogP) is -59.1. The molecule has 20 nitrogen and oxygen atoms in total. The topological polar surface area (TPSA) is 431 Å². The van der Waals surface area contributed by atoms with Gasteiger partial charge >= 0.3 is 443 Å².